The first-order valence-corrected chi connectivity index (χ1v) is 12.4. The number of rotatable bonds is 9. The predicted octanol–water partition coefficient (Wildman–Crippen LogP) is 2.81. The van der Waals surface area contributed by atoms with Crippen LogP contribution in [-0.2, 0) is 16.1 Å². The van der Waals surface area contributed by atoms with Gasteiger partial charge in [-0.2, -0.15) is 5.01 Å². The van der Waals surface area contributed by atoms with Gasteiger partial charge in [-0.05, 0) is 24.8 Å². The van der Waals surface area contributed by atoms with Gasteiger partial charge in [-0.15, -0.1) is 6.42 Å². The maximum atomic E-state index is 13.6. The van der Waals surface area contributed by atoms with Gasteiger partial charge in [0.2, 0.25) is 11.8 Å². The van der Waals surface area contributed by atoms with Gasteiger partial charge in [0.05, 0.1) is 19.6 Å². The molecule has 0 unspecified atom stereocenters. The van der Waals surface area contributed by atoms with Crippen LogP contribution in [0.25, 0.3) is 0 Å². The Morgan fingerprint density at radius 2 is 1.88 bits per heavy atom. The molecule has 3 rings (SSSR count). The number of hydrazine groups is 1. The van der Waals surface area contributed by atoms with E-state index in [9.17, 15) is 14.4 Å². The lowest BCUT2D eigenvalue weighted by molar-refractivity contribution is -0.191. The van der Waals surface area contributed by atoms with E-state index in [0.717, 1.165) is 31.2 Å². The van der Waals surface area contributed by atoms with E-state index in [1.54, 1.807) is 14.9 Å². The molecule has 2 aliphatic rings. The van der Waals surface area contributed by atoms with Crippen LogP contribution >= 0.6 is 0 Å². The van der Waals surface area contributed by atoms with Gasteiger partial charge < -0.3 is 15.1 Å². The van der Waals surface area contributed by atoms with Crippen LogP contribution in [0.3, 0.4) is 0 Å². The number of urea groups is 1. The first kappa shape index (κ1) is 25.6. The summed E-state index contributed by atoms with van der Waals surface area (Å²) >= 11 is 0. The summed E-state index contributed by atoms with van der Waals surface area (Å²) in [4.78, 5) is 43.9. The Hall–Kier alpha value is -3.05. The van der Waals surface area contributed by atoms with Crippen molar-refractivity contribution in [1.82, 2.24) is 25.1 Å². The smallest absolute Gasteiger partial charge is 0.334 e. The van der Waals surface area contributed by atoms with Crippen LogP contribution < -0.4 is 5.32 Å². The van der Waals surface area contributed by atoms with Gasteiger partial charge in [0.1, 0.15) is 12.2 Å². The van der Waals surface area contributed by atoms with Crippen molar-refractivity contribution in [3.63, 3.8) is 0 Å². The van der Waals surface area contributed by atoms with E-state index in [0.29, 0.717) is 13.0 Å². The van der Waals surface area contributed by atoms with E-state index < -0.39 is 12.2 Å². The highest BCUT2D eigenvalue weighted by Gasteiger charge is 2.51. The van der Waals surface area contributed by atoms with Gasteiger partial charge in [0.25, 0.3) is 0 Å². The highest BCUT2D eigenvalue weighted by molar-refractivity contribution is 5.91. The number of carbonyl (C=O) groups excluding carboxylic acids is 3. The van der Waals surface area contributed by atoms with E-state index in [1.165, 1.54) is 0 Å². The Kier molecular flexibility index (Phi) is 8.94. The molecule has 1 aromatic carbocycles. The van der Waals surface area contributed by atoms with Crippen LogP contribution in [0.4, 0.5) is 4.79 Å². The SMILES string of the molecule is C#CCN1CC(=O)N2[C@@H](CCCC)C(=O)N(C(CC)CC)C[C@@H]2N1C(=O)NCc1ccccc1. The number of piperazine rings is 1. The summed E-state index contributed by atoms with van der Waals surface area (Å²) in [5.74, 6) is 2.40. The number of terminal acetylenes is 1. The van der Waals surface area contributed by atoms with Crippen molar-refractivity contribution in [2.75, 3.05) is 19.6 Å². The Labute approximate surface area is 203 Å². The standard InChI is InChI=1S/C26H37N5O3/c1-5-9-15-22-25(33)29(21(7-3)8-4)18-23-30(22)24(32)19-28(16-6-2)31(23)26(34)27-17-20-13-11-10-12-14-20/h2,10-14,21-23H,5,7-9,15-19H2,1,3-4H3,(H,27,34)/t22-,23-/m0/s1. The molecule has 8 nitrogen and oxygen atoms in total. The average Bonchev–Trinajstić information content (AvgIpc) is 2.84. The second-order valence-corrected chi connectivity index (χ2v) is 8.92. The fourth-order valence-corrected chi connectivity index (χ4v) is 4.98. The number of amides is 4. The largest absolute Gasteiger partial charge is 0.334 e. The molecule has 1 N–H and O–H groups in total. The summed E-state index contributed by atoms with van der Waals surface area (Å²) in [6.45, 7) is 6.94. The van der Waals surface area contributed by atoms with Crippen molar-refractivity contribution in [3.8, 4) is 12.3 Å². The highest BCUT2D eigenvalue weighted by Crippen LogP contribution is 2.30. The zero-order chi connectivity index (χ0) is 24.7. The van der Waals surface area contributed by atoms with Gasteiger partial charge in [-0.1, -0.05) is 69.9 Å². The fraction of sp³-hybridized carbons (Fsp3) is 0.577. The van der Waals surface area contributed by atoms with Crippen molar-refractivity contribution in [2.24, 2.45) is 0 Å². The number of carbonyl (C=O) groups is 3. The number of fused-ring (bicyclic) bond motifs is 1. The maximum Gasteiger partial charge on any atom is 0.334 e. The topological polar surface area (TPSA) is 76.2 Å². The lowest BCUT2D eigenvalue weighted by atomic mass is 9.98. The van der Waals surface area contributed by atoms with Crippen molar-refractivity contribution in [2.45, 2.75) is 77.7 Å². The zero-order valence-electron chi connectivity index (χ0n) is 20.6. The third-order valence-corrected chi connectivity index (χ3v) is 6.76. The second kappa shape index (κ2) is 11.9. The van der Waals surface area contributed by atoms with E-state index >= 15 is 0 Å². The van der Waals surface area contributed by atoms with Crippen LogP contribution in [0.1, 0.15) is 58.4 Å². The lowest BCUT2D eigenvalue weighted by Gasteiger charge is -2.56. The number of nitrogens with zero attached hydrogens (tertiary/aromatic N) is 4. The normalized spacial score (nSPS) is 21.0. The lowest BCUT2D eigenvalue weighted by Crippen LogP contribution is -2.77. The maximum absolute atomic E-state index is 13.6. The Morgan fingerprint density at radius 1 is 1.18 bits per heavy atom. The van der Waals surface area contributed by atoms with Crippen LogP contribution in [0.15, 0.2) is 30.3 Å². The molecule has 0 aromatic heterocycles. The summed E-state index contributed by atoms with van der Waals surface area (Å²) in [6.07, 6.45) is 8.98. The van der Waals surface area contributed by atoms with E-state index in [-0.39, 0.29) is 43.5 Å². The quantitative estimate of drug-likeness (QED) is 0.567. The number of benzene rings is 1. The van der Waals surface area contributed by atoms with Crippen molar-refractivity contribution >= 4 is 17.8 Å². The molecule has 0 spiro atoms. The molecule has 0 aliphatic carbocycles. The van der Waals surface area contributed by atoms with Crippen molar-refractivity contribution in [3.05, 3.63) is 35.9 Å². The number of nitrogens with one attached hydrogen (secondary N) is 1. The molecule has 2 saturated heterocycles. The minimum Gasteiger partial charge on any atom is -0.334 e. The van der Waals surface area contributed by atoms with Gasteiger partial charge in [0, 0.05) is 12.6 Å². The molecule has 4 amide bonds. The third-order valence-electron chi connectivity index (χ3n) is 6.76. The Bertz CT molecular complexity index is 895. The number of hydrogen-bond donors (Lipinski definition) is 1. The van der Waals surface area contributed by atoms with Crippen LogP contribution in [-0.4, -0.2) is 75.5 Å². The number of unbranched alkanes of at least 4 members (excludes halogenated alkanes) is 1. The molecule has 0 saturated carbocycles. The minimum absolute atomic E-state index is 0.0122. The summed E-state index contributed by atoms with van der Waals surface area (Å²) < 4.78 is 0. The molecule has 2 atom stereocenters. The molecule has 2 aliphatic heterocycles. The molecule has 8 heteroatoms. The molecule has 2 heterocycles. The van der Waals surface area contributed by atoms with E-state index in [1.807, 2.05) is 35.2 Å². The van der Waals surface area contributed by atoms with E-state index in [4.69, 9.17) is 6.42 Å². The molecule has 34 heavy (non-hydrogen) atoms. The van der Waals surface area contributed by atoms with Crippen LogP contribution in [0, 0.1) is 12.3 Å². The summed E-state index contributed by atoms with van der Waals surface area (Å²) in [5, 5.41) is 6.18. The van der Waals surface area contributed by atoms with Gasteiger partial charge >= 0.3 is 6.03 Å². The first-order valence-electron chi connectivity index (χ1n) is 12.4. The van der Waals surface area contributed by atoms with Crippen LogP contribution in [0.5, 0.6) is 0 Å². The molecule has 184 valence electrons. The molecular formula is C26H37N5O3. The van der Waals surface area contributed by atoms with Crippen LogP contribution in [0.2, 0.25) is 0 Å². The average molecular weight is 468 g/mol. The monoisotopic (exact) mass is 467 g/mol. The van der Waals surface area contributed by atoms with Gasteiger partial charge in [-0.3, -0.25) is 9.59 Å². The Morgan fingerprint density at radius 3 is 2.50 bits per heavy atom. The van der Waals surface area contributed by atoms with Gasteiger partial charge in [0.15, 0.2) is 0 Å². The fourth-order valence-electron chi connectivity index (χ4n) is 4.98. The molecule has 1 aromatic rings. The number of hydrogen-bond acceptors (Lipinski definition) is 4. The first-order chi connectivity index (χ1) is 16.5. The minimum atomic E-state index is -0.592. The molecule has 0 bridgehead atoms. The zero-order valence-corrected chi connectivity index (χ0v) is 20.6. The Balaban J connectivity index is 1.94. The summed E-state index contributed by atoms with van der Waals surface area (Å²) in [5.41, 5.74) is 0.975. The van der Waals surface area contributed by atoms with Crippen molar-refractivity contribution in [1.29, 1.82) is 0 Å². The van der Waals surface area contributed by atoms with Crippen molar-refractivity contribution < 1.29 is 14.4 Å². The molecule has 0 radical (unpaired) electrons. The summed E-state index contributed by atoms with van der Waals surface area (Å²) in [7, 11) is 0. The second-order valence-electron chi connectivity index (χ2n) is 8.92. The predicted molar refractivity (Wildman–Crippen MR) is 131 cm³/mol. The van der Waals surface area contributed by atoms with E-state index in [2.05, 4.69) is 32.0 Å². The molecule has 2 fully saturated rings. The third kappa shape index (κ3) is 5.36. The van der Waals surface area contributed by atoms with Gasteiger partial charge in [-0.25, -0.2) is 9.80 Å². The summed E-state index contributed by atoms with van der Waals surface area (Å²) in [6, 6.07) is 8.83. The highest BCUT2D eigenvalue weighted by atomic mass is 16.2. The molecular weight excluding hydrogens is 430 g/mol.